The van der Waals surface area contributed by atoms with E-state index in [1.807, 2.05) is 19.1 Å². The van der Waals surface area contributed by atoms with Crippen LogP contribution in [0, 0.1) is 5.92 Å². The minimum atomic E-state index is -0.302. The van der Waals surface area contributed by atoms with E-state index in [1.165, 1.54) is 0 Å². The first-order chi connectivity index (χ1) is 12.6. The van der Waals surface area contributed by atoms with Crippen molar-refractivity contribution < 1.29 is 14.6 Å². The van der Waals surface area contributed by atoms with Gasteiger partial charge in [-0.05, 0) is 50.3 Å². The summed E-state index contributed by atoms with van der Waals surface area (Å²) in [6.45, 7) is 8.67. The number of nitrogens with zero attached hydrogens (tertiary/aromatic N) is 1. The average molecular weight is 491 g/mol. The first-order valence-corrected chi connectivity index (χ1v) is 9.53. The van der Waals surface area contributed by atoms with Gasteiger partial charge in [-0.3, -0.25) is 0 Å². The SMILES string of the molecule is CCCC(CCO)CNC(=NCc1ccc(C(=O)OCC)cc1)NCC.I. The molecule has 1 rings (SSSR count). The van der Waals surface area contributed by atoms with Crippen molar-refractivity contribution in [3.63, 3.8) is 0 Å². The number of ether oxygens (including phenoxy) is 1. The minimum Gasteiger partial charge on any atom is -0.462 e. The summed E-state index contributed by atoms with van der Waals surface area (Å²) in [5, 5.41) is 15.8. The van der Waals surface area contributed by atoms with Crippen molar-refractivity contribution in [1.29, 1.82) is 0 Å². The summed E-state index contributed by atoms with van der Waals surface area (Å²) >= 11 is 0. The van der Waals surface area contributed by atoms with Gasteiger partial charge in [-0.2, -0.15) is 0 Å². The van der Waals surface area contributed by atoms with Crippen molar-refractivity contribution in [2.45, 2.75) is 46.6 Å². The Labute approximate surface area is 180 Å². The molecule has 0 radical (unpaired) electrons. The van der Waals surface area contributed by atoms with Crippen molar-refractivity contribution in [2.75, 3.05) is 26.3 Å². The van der Waals surface area contributed by atoms with E-state index in [4.69, 9.17) is 4.74 Å². The van der Waals surface area contributed by atoms with Crippen molar-refractivity contribution in [1.82, 2.24) is 10.6 Å². The van der Waals surface area contributed by atoms with E-state index in [1.54, 1.807) is 19.1 Å². The summed E-state index contributed by atoms with van der Waals surface area (Å²) in [5.41, 5.74) is 1.58. The number of benzene rings is 1. The second-order valence-electron chi connectivity index (χ2n) is 6.16. The predicted octanol–water partition coefficient (Wildman–Crippen LogP) is 3.34. The Hall–Kier alpha value is -1.35. The highest BCUT2D eigenvalue weighted by Gasteiger charge is 2.09. The van der Waals surface area contributed by atoms with Crippen LogP contribution in [0.25, 0.3) is 0 Å². The van der Waals surface area contributed by atoms with Crippen LogP contribution >= 0.6 is 24.0 Å². The van der Waals surface area contributed by atoms with Crippen LogP contribution in [0.3, 0.4) is 0 Å². The fourth-order valence-corrected chi connectivity index (χ4v) is 2.65. The molecule has 0 spiro atoms. The average Bonchev–Trinajstić information content (AvgIpc) is 2.65. The van der Waals surface area contributed by atoms with E-state index in [2.05, 4.69) is 22.5 Å². The van der Waals surface area contributed by atoms with E-state index >= 15 is 0 Å². The molecule has 0 amide bonds. The Balaban J connectivity index is 0.00000676. The predicted molar refractivity (Wildman–Crippen MR) is 121 cm³/mol. The molecular weight excluding hydrogens is 457 g/mol. The lowest BCUT2D eigenvalue weighted by Crippen LogP contribution is -2.40. The molecule has 1 unspecified atom stereocenters. The summed E-state index contributed by atoms with van der Waals surface area (Å²) < 4.78 is 4.99. The van der Waals surface area contributed by atoms with Gasteiger partial charge in [-0.25, -0.2) is 9.79 Å². The Bertz CT molecular complexity index is 544. The van der Waals surface area contributed by atoms with Gasteiger partial charge in [-0.15, -0.1) is 24.0 Å². The van der Waals surface area contributed by atoms with Gasteiger partial charge in [0.05, 0.1) is 18.7 Å². The Morgan fingerprint density at radius 3 is 2.41 bits per heavy atom. The first kappa shape index (κ1) is 25.6. The van der Waals surface area contributed by atoms with E-state index in [-0.39, 0.29) is 36.6 Å². The van der Waals surface area contributed by atoms with Crippen LogP contribution in [0.2, 0.25) is 0 Å². The molecule has 1 atom stereocenters. The van der Waals surface area contributed by atoms with Gasteiger partial charge < -0.3 is 20.5 Å². The van der Waals surface area contributed by atoms with E-state index in [0.717, 1.165) is 43.9 Å². The minimum absolute atomic E-state index is 0. The molecular formula is C20H34IN3O3. The van der Waals surface area contributed by atoms with E-state index in [0.29, 0.717) is 24.6 Å². The second kappa shape index (κ2) is 15.7. The van der Waals surface area contributed by atoms with Gasteiger partial charge >= 0.3 is 5.97 Å². The zero-order valence-electron chi connectivity index (χ0n) is 16.7. The maximum Gasteiger partial charge on any atom is 0.338 e. The number of halogens is 1. The molecule has 3 N–H and O–H groups in total. The van der Waals surface area contributed by atoms with Crippen LogP contribution in [-0.2, 0) is 11.3 Å². The lowest BCUT2D eigenvalue weighted by Gasteiger charge is -2.18. The lowest BCUT2D eigenvalue weighted by molar-refractivity contribution is 0.0526. The van der Waals surface area contributed by atoms with Gasteiger partial charge in [0, 0.05) is 19.7 Å². The van der Waals surface area contributed by atoms with Crippen molar-refractivity contribution >= 4 is 35.9 Å². The van der Waals surface area contributed by atoms with Gasteiger partial charge in [0.1, 0.15) is 0 Å². The number of carbonyl (C=O) groups is 1. The summed E-state index contributed by atoms with van der Waals surface area (Å²) in [5.74, 6) is 0.905. The molecule has 0 aliphatic carbocycles. The summed E-state index contributed by atoms with van der Waals surface area (Å²) in [6, 6.07) is 7.32. The van der Waals surface area contributed by atoms with Gasteiger partial charge in [-0.1, -0.05) is 25.5 Å². The topological polar surface area (TPSA) is 83.0 Å². The number of esters is 1. The normalized spacial score (nSPS) is 12.1. The number of aliphatic hydroxyl groups excluding tert-OH is 1. The summed E-state index contributed by atoms with van der Waals surface area (Å²) in [6.07, 6.45) is 2.99. The maximum atomic E-state index is 11.7. The molecule has 27 heavy (non-hydrogen) atoms. The molecule has 154 valence electrons. The molecule has 7 heteroatoms. The number of carbonyl (C=O) groups excluding carboxylic acids is 1. The van der Waals surface area contributed by atoms with Gasteiger partial charge in [0.25, 0.3) is 0 Å². The molecule has 0 aromatic heterocycles. The van der Waals surface area contributed by atoms with Crippen LogP contribution in [0.5, 0.6) is 0 Å². The highest BCUT2D eigenvalue weighted by Crippen LogP contribution is 2.10. The second-order valence-corrected chi connectivity index (χ2v) is 6.16. The van der Waals surface area contributed by atoms with Crippen molar-refractivity contribution in [2.24, 2.45) is 10.9 Å². The van der Waals surface area contributed by atoms with Crippen LogP contribution in [0.4, 0.5) is 0 Å². The van der Waals surface area contributed by atoms with Crippen LogP contribution < -0.4 is 10.6 Å². The maximum absolute atomic E-state index is 11.7. The molecule has 0 saturated heterocycles. The van der Waals surface area contributed by atoms with Crippen LogP contribution in [0.1, 0.15) is 56.0 Å². The molecule has 0 heterocycles. The molecule has 1 aromatic carbocycles. The highest BCUT2D eigenvalue weighted by atomic mass is 127. The number of aliphatic imine (C=N–C) groups is 1. The number of aliphatic hydroxyl groups is 1. The van der Waals surface area contributed by atoms with E-state index in [9.17, 15) is 9.90 Å². The summed E-state index contributed by atoms with van der Waals surface area (Å²) in [4.78, 5) is 16.3. The number of rotatable bonds is 11. The number of guanidine groups is 1. The Morgan fingerprint density at radius 1 is 1.15 bits per heavy atom. The number of hydrogen-bond acceptors (Lipinski definition) is 4. The number of nitrogens with one attached hydrogen (secondary N) is 2. The molecule has 1 aromatic rings. The standard InChI is InChI=1S/C20H33N3O3.HI/c1-4-7-16(12-13-24)14-22-20(21-5-2)23-15-17-8-10-18(11-9-17)19(25)26-6-3;/h8-11,16,24H,4-7,12-15H2,1-3H3,(H2,21,22,23);1H. The third-order valence-corrected chi connectivity index (χ3v) is 4.02. The van der Waals surface area contributed by atoms with Gasteiger partial charge in [0.2, 0.25) is 0 Å². The van der Waals surface area contributed by atoms with Crippen molar-refractivity contribution in [3.05, 3.63) is 35.4 Å². The summed E-state index contributed by atoms with van der Waals surface area (Å²) in [7, 11) is 0. The first-order valence-electron chi connectivity index (χ1n) is 9.53. The van der Waals surface area contributed by atoms with Crippen LogP contribution in [0.15, 0.2) is 29.3 Å². The van der Waals surface area contributed by atoms with Crippen LogP contribution in [-0.4, -0.2) is 43.3 Å². The molecule has 0 aliphatic heterocycles. The molecule has 0 aliphatic rings. The quantitative estimate of drug-likeness (QED) is 0.192. The molecule has 0 bridgehead atoms. The van der Waals surface area contributed by atoms with Gasteiger partial charge in [0.15, 0.2) is 5.96 Å². The monoisotopic (exact) mass is 491 g/mol. The molecule has 0 fully saturated rings. The lowest BCUT2D eigenvalue weighted by atomic mass is 10.0. The Morgan fingerprint density at radius 2 is 1.85 bits per heavy atom. The molecule has 6 nitrogen and oxygen atoms in total. The highest BCUT2D eigenvalue weighted by molar-refractivity contribution is 14.0. The largest absolute Gasteiger partial charge is 0.462 e. The zero-order valence-corrected chi connectivity index (χ0v) is 19.0. The fraction of sp³-hybridized carbons (Fsp3) is 0.600. The Kier molecular flexibility index (Phi) is 14.9. The third-order valence-electron chi connectivity index (χ3n) is 4.02. The zero-order chi connectivity index (χ0) is 19.2. The smallest absolute Gasteiger partial charge is 0.338 e. The van der Waals surface area contributed by atoms with Crippen molar-refractivity contribution in [3.8, 4) is 0 Å². The molecule has 0 saturated carbocycles. The fourth-order valence-electron chi connectivity index (χ4n) is 2.65. The third kappa shape index (κ3) is 10.5. The number of hydrogen-bond donors (Lipinski definition) is 3. The van der Waals surface area contributed by atoms with E-state index < -0.39 is 0 Å².